The van der Waals surface area contributed by atoms with Crippen molar-refractivity contribution >= 4 is 46.3 Å². The van der Waals surface area contributed by atoms with Gasteiger partial charge in [0.2, 0.25) is 0 Å². The Kier molecular flexibility index (Phi) is 40.4. The van der Waals surface area contributed by atoms with Gasteiger partial charge in [-0.1, -0.05) is 224 Å². The summed E-state index contributed by atoms with van der Waals surface area (Å²) in [5.41, 5.74) is -1.60. The third kappa shape index (κ3) is 47.7. The second-order valence-electron chi connectivity index (χ2n) is 26.4. The van der Waals surface area contributed by atoms with Crippen molar-refractivity contribution < 1.29 is 56.3 Å². The van der Waals surface area contributed by atoms with Gasteiger partial charge in [0, 0.05) is 49.4 Å². The smallest absolute Gasteiger partial charge is 0.273 e. The van der Waals surface area contributed by atoms with Gasteiger partial charge in [0.15, 0.2) is 52.1 Å². The maximum Gasteiger partial charge on any atom is 0.273 e. The average Bonchev–Trinajstić information content (AvgIpc) is 4.07. The van der Waals surface area contributed by atoms with Crippen LogP contribution in [-0.4, -0.2) is 59.0 Å². The van der Waals surface area contributed by atoms with Gasteiger partial charge < -0.3 is 4.74 Å². The molecule has 0 saturated carbocycles. The Morgan fingerprint density at radius 1 is 0.500 bits per heavy atom. The minimum Gasteiger partial charge on any atom is -0.365 e. The normalized spacial score (nSPS) is 14.2. The van der Waals surface area contributed by atoms with E-state index < -0.39 is 34.3 Å². The highest BCUT2D eigenvalue weighted by molar-refractivity contribution is 6.00. The van der Waals surface area contributed by atoms with Crippen molar-refractivity contribution in [2.24, 2.45) is 43.3 Å². The summed E-state index contributed by atoms with van der Waals surface area (Å²) in [5, 5.41) is 0. The molecule has 0 aromatic carbocycles. The number of hydrogen-bond donors (Lipinski definition) is 0. The first-order valence-corrected chi connectivity index (χ1v) is 26.3. The number of hydrogen-bond acceptors (Lipinski definition) is 9. The van der Waals surface area contributed by atoms with Crippen LogP contribution in [0.25, 0.3) is 0 Å². The summed E-state index contributed by atoms with van der Waals surface area (Å²) < 4.78 is 39.8. The molecule has 1 saturated heterocycles. The van der Waals surface area contributed by atoms with E-state index in [1.54, 1.807) is 59.8 Å². The number of carbonyl (C=O) groups excluding carboxylic acids is 8. The van der Waals surface area contributed by atoms with Crippen molar-refractivity contribution in [3.63, 3.8) is 0 Å². The monoisotopic (exact) mass is 1080 g/mol. The molecule has 1 unspecified atom stereocenters. The van der Waals surface area contributed by atoms with Crippen molar-refractivity contribution in [2.75, 3.05) is 6.61 Å². The van der Waals surface area contributed by atoms with Crippen LogP contribution in [-0.2, 0) is 43.1 Å². The van der Waals surface area contributed by atoms with Crippen LogP contribution in [0.5, 0.6) is 0 Å². The molecule has 0 aromatic rings. The quantitative estimate of drug-likeness (QED) is 0.146. The van der Waals surface area contributed by atoms with E-state index in [1.165, 1.54) is 6.08 Å². The molecule has 9 nitrogen and oxygen atoms in total. The molecule has 1 aliphatic carbocycles. The van der Waals surface area contributed by atoms with Gasteiger partial charge in [-0.3, -0.25) is 38.4 Å². The SMILES string of the molecule is C=C(F)C(=O)C(C)(C)C.C=CC(=O)C(C)(C)C.CC(C)(C)C(=O)C1=CCC1.CC(C)(C)C(=O)C1CO1.CC(C)(C)C(=O)C=C(F)F.CC/C=C/C(=O)C(C)(C)C.CC/C=C/C(=O)C(C)(C)C.CC/C=C/C(=O)C(C)(C)C. The predicted molar refractivity (Wildman–Crippen MR) is 312 cm³/mol. The van der Waals surface area contributed by atoms with Crippen LogP contribution >= 0.6 is 0 Å². The molecule has 0 radical (unpaired) electrons. The van der Waals surface area contributed by atoms with E-state index in [4.69, 9.17) is 4.74 Å². The van der Waals surface area contributed by atoms with Crippen LogP contribution in [0.2, 0.25) is 0 Å². The second-order valence-corrected chi connectivity index (χ2v) is 26.4. The van der Waals surface area contributed by atoms with Crippen molar-refractivity contribution in [1.82, 2.24) is 0 Å². The summed E-state index contributed by atoms with van der Waals surface area (Å²) in [4.78, 5) is 88.0. The lowest BCUT2D eigenvalue weighted by atomic mass is 9.81. The zero-order valence-electron chi connectivity index (χ0n) is 52.7. The third-order valence-electron chi connectivity index (χ3n) is 9.71. The van der Waals surface area contributed by atoms with Crippen LogP contribution in [0.15, 0.2) is 85.3 Å². The molecule has 12 heteroatoms. The van der Waals surface area contributed by atoms with Gasteiger partial charge in [0.25, 0.3) is 6.08 Å². The standard InChI is InChI=1S/C9H14O.3C9H16O.C7H10F2O.C7H11FO.C7H12O2.C7H12O/c1-9(2,3)8(10)7-5-4-6-7;3*1-5-6-7-8(10)9(2,3)4;1-7(2,3)5(10)4-6(8)9;1-5(8)6(9)7(2,3)4;1-7(2,3)6(8)5-4-9-5;1-5-6(8)7(2,3)4/h5H,4,6H2,1-3H3;3*6-7H,5H2,1-4H3;4H,1-3H3;1H2,2-4H3;5H,4H2,1-3H3;5H,1H2,2-4H3/b;3*7-6+;;;;. The average molecular weight is 1080 g/mol. The molecule has 438 valence electrons. The Morgan fingerprint density at radius 3 is 0.868 bits per heavy atom. The maximum atomic E-state index is 12.0. The summed E-state index contributed by atoms with van der Waals surface area (Å²) >= 11 is 0. The van der Waals surface area contributed by atoms with Gasteiger partial charge in [-0.25, -0.2) is 4.39 Å². The van der Waals surface area contributed by atoms with E-state index in [0.29, 0.717) is 18.5 Å². The van der Waals surface area contributed by atoms with Crippen LogP contribution in [0.4, 0.5) is 13.2 Å². The zero-order chi connectivity index (χ0) is 62.2. The van der Waals surface area contributed by atoms with Gasteiger partial charge >= 0.3 is 0 Å². The summed E-state index contributed by atoms with van der Waals surface area (Å²) in [7, 11) is 0. The van der Waals surface area contributed by atoms with E-state index >= 15 is 0 Å². The molecule has 1 atom stereocenters. The van der Waals surface area contributed by atoms with Crippen molar-refractivity contribution in [3.05, 3.63) is 85.3 Å². The summed E-state index contributed by atoms with van der Waals surface area (Å²) in [5.74, 6) is -0.686. The first kappa shape index (κ1) is 82.6. The van der Waals surface area contributed by atoms with Crippen LogP contribution < -0.4 is 0 Å². The topological polar surface area (TPSA) is 149 Å². The molecule has 0 aromatic heterocycles. The fourth-order valence-electron chi connectivity index (χ4n) is 4.11. The number of carbonyl (C=O) groups is 8. The fraction of sp³-hybridized carbons (Fsp3) is 0.656. The van der Waals surface area contributed by atoms with E-state index in [9.17, 15) is 51.5 Å². The van der Waals surface area contributed by atoms with Gasteiger partial charge in [-0.2, -0.15) is 8.78 Å². The van der Waals surface area contributed by atoms with Crippen molar-refractivity contribution in [2.45, 2.75) is 225 Å². The van der Waals surface area contributed by atoms with Gasteiger partial charge in [-0.15, -0.1) is 0 Å². The molecule has 1 heterocycles. The van der Waals surface area contributed by atoms with Crippen LogP contribution in [0.3, 0.4) is 0 Å². The highest BCUT2D eigenvalue weighted by Crippen LogP contribution is 2.28. The molecule has 2 rings (SSSR count). The Hall–Kier alpha value is -4.71. The number of halogens is 3. The van der Waals surface area contributed by atoms with Gasteiger partial charge in [0.1, 0.15) is 6.10 Å². The minimum absolute atomic E-state index is 0.0787. The Balaban J connectivity index is -0.000000184. The first-order chi connectivity index (χ1) is 33.6. The number of rotatable bonds is 11. The molecule has 1 aliphatic heterocycles. The zero-order valence-corrected chi connectivity index (χ0v) is 52.7. The maximum absolute atomic E-state index is 12.0. The van der Waals surface area contributed by atoms with Crippen LogP contribution in [0, 0.1) is 43.3 Å². The summed E-state index contributed by atoms with van der Waals surface area (Å²) in [6.07, 6.45) is 17.3. The summed E-state index contributed by atoms with van der Waals surface area (Å²) in [6, 6.07) is 0. The molecular formula is C64H107F3O9. The Bertz CT molecular complexity index is 1930. The van der Waals surface area contributed by atoms with E-state index in [1.807, 2.05) is 170 Å². The molecule has 2 aliphatic rings. The van der Waals surface area contributed by atoms with Gasteiger partial charge in [-0.05, 0) is 62.0 Å². The number of ketones is 8. The van der Waals surface area contributed by atoms with E-state index in [2.05, 4.69) is 13.2 Å². The third-order valence-corrected chi connectivity index (χ3v) is 9.71. The first-order valence-electron chi connectivity index (χ1n) is 26.3. The lowest BCUT2D eigenvalue weighted by Crippen LogP contribution is -2.24. The number of epoxide rings is 1. The van der Waals surface area contributed by atoms with Gasteiger partial charge in [0.05, 0.1) is 6.61 Å². The number of ether oxygens (including phenoxy) is 1. The van der Waals surface area contributed by atoms with Crippen molar-refractivity contribution in [3.8, 4) is 0 Å². The highest BCUT2D eigenvalue weighted by Gasteiger charge is 2.38. The van der Waals surface area contributed by atoms with Crippen LogP contribution in [0.1, 0.15) is 219 Å². The fourth-order valence-corrected chi connectivity index (χ4v) is 4.11. The molecule has 0 bridgehead atoms. The largest absolute Gasteiger partial charge is 0.365 e. The Morgan fingerprint density at radius 2 is 0.789 bits per heavy atom. The molecule has 76 heavy (non-hydrogen) atoms. The molecule has 0 amide bonds. The second kappa shape index (κ2) is 37.2. The lowest BCUT2D eigenvalue weighted by molar-refractivity contribution is -0.127. The number of allylic oxidation sites excluding steroid dienone is 11. The molecule has 1 fully saturated rings. The molecular weight excluding hydrogens is 970 g/mol. The highest BCUT2D eigenvalue weighted by atomic mass is 19.3. The molecule has 0 spiro atoms. The predicted octanol–water partition coefficient (Wildman–Crippen LogP) is 17.3. The van der Waals surface area contributed by atoms with E-state index in [-0.39, 0.29) is 67.5 Å². The number of Topliss-reactive ketones (excluding diaryl/α,β-unsaturated/α-hetero) is 3. The molecule has 0 N–H and O–H groups in total. The minimum atomic E-state index is -1.93. The Labute approximate surface area is 461 Å². The van der Waals surface area contributed by atoms with E-state index in [0.717, 1.165) is 37.7 Å². The summed E-state index contributed by atoms with van der Waals surface area (Å²) in [6.45, 7) is 57.3. The van der Waals surface area contributed by atoms with Crippen molar-refractivity contribution in [1.29, 1.82) is 0 Å². The lowest BCUT2D eigenvalue weighted by Gasteiger charge is -2.22.